The molecule has 1 atom stereocenters. The third-order valence-corrected chi connectivity index (χ3v) is 5.70. The Kier molecular flexibility index (Phi) is 5.42. The summed E-state index contributed by atoms with van der Waals surface area (Å²) in [5.41, 5.74) is 3.19. The van der Waals surface area contributed by atoms with E-state index in [0.29, 0.717) is 12.0 Å². The van der Waals surface area contributed by atoms with Crippen molar-refractivity contribution in [3.8, 4) is 0 Å². The van der Waals surface area contributed by atoms with Crippen LogP contribution in [0.25, 0.3) is 0 Å². The predicted molar refractivity (Wildman–Crippen MR) is 115 cm³/mol. The van der Waals surface area contributed by atoms with Crippen LogP contribution in [0.2, 0.25) is 0 Å². The molecule has 6 heteroatoms. The highest BCUT2D eigenvalue weighted by Crippen LogP contribution is 2.34. The molecule has 0 spiro atoms. The van der Waals surface area contributed by atoms with E-state index in [4.69, 9.17) is 0 Å². The molecule has 0 N–H and O–H groups in total. The van der Waals surface area contributed by atoms with Crippen molar-refractivity contribution in [2.45, 2.75) is 12.5 Å². The van der Waals surface area contributed by atoms with E-state index >= 15 is 0 Å². The van der Waals surface area contributed by atoms with Crippen LogP contribution < -0.4 is 0 Å². The number of halogens is 3. The van der Waals surface area contributed by atoms with E-state index in [1.165, 1.54) is 17.1 Å². The predicted octanol–water partition coefficient (Wildman–Crippen LogP) is 6.34. The van der Waals surface area contributed by atoms with Gasteiger partial charge in [0.1, 0.15) is 5.82 Å². The Morgan fingerprint density at radius 3 is 2.07 bits per heavy atom. The Morgan fingerprint density at radius 2 is 1.46 bits per heavy atom. The summed E-state index contributed by atoms with van der Waals surface area (Å²) in [6.45, 7) is 0. The Hall–Kier alpha value is -2.31. The van der Waals surface area contributed by atoms with Gasteiger partial charge in [-0.3, -0.25) is 4.79 Å². The van der Waals surface area contributed by atoms with Crippen LogP contribution in [0, 0.1) is 5.82 Å². The maximum absolute atomic E-state index is 13.4. The third kappa shape index (κ3) is 3.93. The number of amides is 1. The first-order valence-electron chi connectivity index (χ1n) is 8.69. The zero-order chi connectivity index (χ0) is 19.7. The van der Waals surface area contributed by atoms with Gasteiger partial charge in [-0.1, -0.05) is 56.1 Å². The Balaban J connectivity index is 1.72. The second-order valence-corrected chi connectivity index (χ2v) is 8.31. The van der Waals surface area contributed by atoms with Crippen molar-refractivity contribution in [2.24, 2.45) is 5.10 Å². The molecule has 0 aliphatic carbocycles. The summed E-state index contributed by atoms with van der Waals surface area (Å²) >= 11 is 6.82. The first-order chi connectivity index (χ1) is 13.5. The third-order valence-electron chi connectivity index (χ3n) is 4.64. The summed E-state index contributed by atoms with van der Waals surface area (Å²) < 4.78 is 15.3. The molecule has 3 aromatic rings. The van der Waals surface area contributed by atoms with E-state index in [1.54, 1.807) is 24.3 Å². The highest BCUT2D eigenvalue weighted by atomic mass is 79.9. The standard InChI is InChI=1S/C22H15Br2FN2O/c23-17-7-1-14(2-8-17)20-13-21(15-5-11-19(25)12-6-15)27(26-20)22(28)16-3-9-18(24)10-4-16/h1-12,21H,13H2. The average Bonchev–Trinajstić information content (AvgIpc) is 3.14. The molecule has 1 aliphatic heterocycles. The zero-order valence-electron chi connectivity index (χ0n) is 14.6. The van der Waals surface area contributed by atoms with Crippen molar-refractivity contribution >= 4 is 43.5 Å². The van der Waals surface area contributed by atoms with Crippen LogP contribution in [0.4, 0.5) is 4.39 Å². The maximum atomic E-state index is 13.4. The lowest BCUT2D eigenvalue weighted by atomic mass is 9.98. The van der Waals surface area contributed by atoms with Crippen molar-refractivity contribution in [3.63, 3.8) is 0 Å². The normalized spacial score (nSPS) is 16.2. The molecular weight excluding hydrogens is 487 g/mol. The number of carbonyl (C=O) groups is 1. The smallest absolute Gasteiger partial charge is 0.267 e. The van der Waals surface area contributed by atoms with Gasteiger partial charge in [0, 0.05) is 20.9 Å². The SMILES string of the molecule is O=C(c1ccc(Br)cc1)N1N=C(c2ccc(Br)cc2)CC1c1ccc(F)cc1. The molecule has 0 radical (unpaired) electrons. The molecule has 140 valence electrons. The van der Waals surface area contributed by atoms with Gasteiger partial charge in [0.2, 0.25) is 0 Å². The number of hydrogen-bond acceptors (Lipinski definition) is 2. The number of benzene rings is 3. The molecule has 1 amide bonds. The van der Waals surface area contributed by atoms with Gasteiger partial charge in [-0.25, -0.2) is 9.40 Å². The summed E-state index contributed by atoms with van der Waals surface area (Å²) in [4.78, 5) is 13.2. The monoisotopic (exact) mass is 500 g/mol. The van der Waals surface area contributed by atoms with E-state index in [2.05, 4.69) is 37.0 Å². The number of rotatable bonds is 3. The molecule has 0 saturated carbocycles. The van der Waals surface area contributed by atoms with E-state index in [-0.39, 0.29) is 17.8 Å². The summed E-state index contributed by atoms with van der Waals surface area (Å²) in [6, 6.07) is 21.0. The van der Waals surface area contributed by atoms with E-state index in [9.17, 15) is 9.18 Å². The minimum absolute atomic E-state index is 0.186. The summed E-state index contributed by atoms with van der Waals surface area (Å²) in [5.74, 6) is -0.490. The maximum Gasteiger partial charge on any atom is 0.274 e. The minimum atomic E-state index is -0.304. The summed E-state index contributed by atoms with van der Waals surface area (Å²) in [5, 5.41) is 6.15. The van der Waals surface area contributed by atoms with Gasteiger partial charge >= 0.3 is 0 Å². The van der Waals surface area contributed by atoms with E-state index < -0.39 is 0 Å². The van der Waals surface area contributed by atoms with Crippen LogP contribution in [0.5, 0.6) is 0 Å². The topological polar surface area (TPSA) is 32.7 Å². The fourth-order valence-corrected chi connectivity index (χ4v) is 3.71. The molecule has 3 aromatic carbocycles. The van der Waals surface area contributed by atoms with Crippen LogP contribution in [0.15, 0.2) is 86.8 Å². The van der Waals surface area contributed by atoms with Crippen molar-refractivity contribution in [3.05, 3.63) is 104 Å². The Morgan fingerprint density at radius 1 is 0.893 bits per heavy atom. The van der Waals surface area contributed by atoms with Crippen LogP contribution in [0.1, 0.15) is 33.9 Å². The van der Waals surface area contributed by atoms with Crippen molar-refractivity contribution in [2.75, 3.05) is 0 Å². The molecule has 0 saturated heterocycles. The molecule has 1 unspecified atom stereocenters. The lowest BCUT2D eigenvalue weighted by molar-refractivity contribution is 0.0711. The van der Waals surface area contributed by atoms with Gasteiger partial charge in [0.15, 0.2) is 0 Å². The van der Waals surface area contributed by atoms with Crippen molar-refractivity contribution < 1.29 is 9.18 Å². The summed E-state index contributed by atoms with van der Waals surface area (Å²) in [6.07, 6.45) is 0.565. The Labute approximate surface area is 179 Å². The molecule has 0 fully saturated rings. The van der Waals surface area contributed by atoms with E-state index in [1.807, 2.05) is 36.4 Å². The van der Waals surface area contributed by atoms with E-state index in [0.717, 1.165) is 25.8 Å². The molecule has 1 heterocycles. The van der Waals surface area contributed by atoms with Gasteiger partial charge in [-0.05, 0) is 59.7 Å². The van der Waals surface area contributed by atoms with Crippen LogP contribution in [0.3, 0.4) is 0 Å². The molecule has 1 aliphatic rings. The number of nitrogens with zero attached hydrogens (tertiary/aromatic N) is 2. The van der Waals surface area contributed by atoms with Crippen molar-refractivity contribution in [1.82, 2.24) is 5.01 Å². The lowest BCUT2D eigenvalue weighted by Gasteiger charge is -2.22. The van der Waals surface area contributed by atoms with Crippen LogP contribution in [-0.4, -0.2) is 16.6 Å². The molecular formula is C22H15Br2FN2O. The molecule has 28 heavy (non-hydrogen) atoms. The van der Waals surface area contributed by atoms with Gasteiger partial charge in [0.05, 0.1) is 11.8 Å². The van der Waals surface area contributed by atoms with Crippen LogP contribution in [-0.2, 0) is 0 Å². The fourth-order valence-electron chi connectivity index (χ4n) is 3.18. The van der Waals surface area contributed by atoms with Gasteiger partial charge in [-0.2, -0.15) is 5.10 Å². The number of hydrazone groups is 1. The number of carbonyl (C=O) groups excluding carboxylic acids is 1. The minimum Gasteiger partial charge on any atom is -0.267 e. The van der Waals surface area contributed by atoms with Crippen LogP contribution >= 0.6 is 31.9 Å². The second-order valence-electron chi connectivity index (χ2n) is 6.48. The zero-order valence-corrected chi connectivity index (χ0v) is 17.8. The lowest BCUT2D eigenvalue weighted by Crippen LogP contribution is -2.27. The highest BCUT2D eigenvalue weighted by molar-refractivity contribution is 9.10. The van der Waals surface area contributed by atoms with Gasteiger partial charge in [-0.15, -0.1) is 0 Å². The quantitative estimate of drug-likeness (QED) is 0.412. The Bertz CT molecular complexity index is 1030. The van der Waals surface area contributed by atoms with Crippen molar-refractivity contribution in [1.29, 1.82) is 0 Å². The molecule has 3 nitrogen and oxygen atoms in total. The first kappa shape index (κ1) is 19.0. The fraction of sp³-hybridized carbons (Fsp3) is 0.0909. The molecule has 4 rings (SSSR count). The summed E-state index contributed by atoms with van der Waals surface area (Å²) in [7, 11) is 0. The average molecular weight is 502 g/mol. The second kappa shape index (κ2) is 7.97. The van der Waals surface area contributed by atoms with Gasteiger partial charge < -0.3 is 0 Å². The molecule has 0 bridgehead atoms. The first-order valence-corrected chi connectivity index (χ1v) is 10.3. The largest absolute Gasteiger partial charge is 0.274 e. The van der Waals surface area contributed by atoms with Gasteiger partial charge in [0.25, 0.3) is 5.91 Å². The molecule has 0 aromatic heterocycles. The highest BCUT2D eigenvalue weighted by Gasteiger charge is 2.33. The number of hydrogen-bond donors (Lipinski definition) is 0.